The summed E-state index contributed by atoms with van der Waals surface area (Å²) >= 11 is 0. The van der Waals surface area contributed by atoms with Gasteiger partial charge < -0.3 is 14.7 Å². The van der Waals surface area contributed by atoms with Gasteiger partial charge in [0, 0.05) is 43.2 Å². The number of hydrogen-bond donors (Lipinski definition) is 1. The summed E-state index contributed by atoms with van der Waals surface area (Å²) in [5.41, 5.74) is 0.626. The van der Waals surface area contributed by atoms with E-state index in [4.69, 9.17) is 14.6 Å². The number of carboxylic acid groups (broad SMARTS) is 1. The van der Waals surface area contributed by atoms with Gasteiger partial charge in [-0.15, -0.1) is 0 Å². The molecule has 0 amide bonds. The molecule has 162 valence electrons. The van der Waals surface area contributed by atoms with Crippen molar-refractivity contribution in [1.82, 2.24) is 9.21 Å². The smallest absolute Gasteiger partial charge is 0.290 e. The topological polar surface area (TPSA) is 87.2 Å². The van der Waals surface area contributed by atoms with Crippen LogP contribution >= 0.6 is 0 Å². The van der Waals surface area contributed by atoms with Crippen LogP contribution in [0.25, 0.3) is 11.1 Å². The van der Waals surface area contributed by atoms with Crippen LogP contribution < -0.4 is 4.74 Å². The number of likely N-dealkylation sites (tertiary alicyclic amines) is 1. The van der Waals surface area contributed by atoms with E-state index in [1.165, 1.54) is 29.6 Å². The highest BCUT2D eigenvalue weighted by Crippen LogP contribution is 2.42. The first-order valence-corrected chi connectivity index (χ1v) is 10.5. The third-order valence-corrected chi connectivity index (χ3v) is 7.00. The third-order valence-electron chi connectivity index (χ3n) is 5.22. The molecule has 2 aromatic rings. The largest absolute Gasteiger partial charge is 0.496 e. The summed E-state index contributed by atoms with van der Waals surface area (Å²) in [6, 6.07) is 7.47. The maximum absolute atomic E-state index is 13.6. The van der Waals surface area contributed by atoms with Crippen molar-refractivity contribution in [2.45, 2.75) is 4.90 Å². The Morgan fingerprint density at radius 2 is 1.63 bits per heavy atom. The van der Waals surface area contributed by atoms with Crippen molar-refractivity contribution in [2.75, 3.05) is 40.3 Å². The molecule has 2 aliphatic heterocycles. The first kappa shape index (κ1) is 22.1. The van der Waals surface area contributed by atoms with E-state index < -0.39 is 21.7 Å². The van der Waals surface area contributed by atoms with Gasteiger partial charge in [0.2, 0.25) is 10.0 Å². The van der Waals surface area contributed by atoms with Gasteiger partial charge in [0.05, 0.1) is 12.0 Å². The van der Waals surface area contributed by atoms with Gasteiger partial charge in [-0.25, -0.2) is 17.2 Å². The van der Waals surface area contributed by atoms with Gasteiger partial charge in [-0.05, 0) is 42.9 Å². The minimum Gasteiger partial charge on any atom is -0.496 e. The van der Waals surface area contributed by atoms with Crippen molar-refractivity contribution in [1.29, 1.82) is 0 Å². The zero-order valence-corrected chi connectivity index (χ0v) is 17.3. The lowest BCUT2D eigenvalue weighted by Crippen LogP contribution is -2.71. The molecule has 2 aliphatic rings. The predicted octanol–water partition coefficient (Wildman–Crippen LogP) is 2.28. The lowest BCUT2D eigenvalue weighted by Gasteiger charge is -2.58. The molecule has 4 rings (SSSR count). The zero-order valence-electron chi connectivity index (χ0n) is 16.5. The summed E-state index contributed by atoms with van der Waals surface area (Å²) < 4.78 is 59.9. The fraction of sp³-hybridized carbons (Fsp3) is 0.350. The quantitative estimate of drug-likeness (QED) is 0.734. The first-order chi connectivity index (χ1) is 14.1. The molecule has 10 heteroatoms. The highest BCUT2D eigenvalue weighted by atomic mass is 32.2. The van der Waals surface area contributed by atoms with Crippen LogP contribution in [0, 0.1) is 17.0 Å². The molecular weight excluding hydrogens is 418 g/mol. The minimum atomic E-state index is -3.67. The lowest BCUT2D eigenvalue weighted by atomic mass is 9.75. The number of halogens is 2. The molecule has 2 saturated heterocycles. The number of methoxy groups -OCH3 is 1. The van der Waals surface area contributed by atoms with Gasteiger partial charge in [-0.2, -0.15) is 4.31 Å². The van der Waals surface area contributed by atoms with Crippen molar-refractivity contribution in [2.24, 2.45) is 5.41 Å². The number of nitrogens with zero attached hydrogens (tertiary/aromatic N) is 2. The number of carbonyl (C=O) groups is 1. The fourth-order valence-corrected chi connectivity index (χ4v) is 5.79. The molecular formula is C20H22F2N2O5S. The number of ether oxygens (including phenoxy) is 1. The summed E-state index contributed by atoms with van der Waals surface area (Å²) in [7, 11) is -0.235. The van der Waals surface area contributed by atoms with Gasteiger partial charge in [0.25, 0.3) is 6.47 Å². The Morgan fingerprint density at radius 3 is 2.13 bits per heavy atom. The summed E-state index contributed by atoms with van der Waals surface area (Å²) in [5, 5.41) is 6.89. The molecule has 0 aromatic heterocycles. The number of hydrogen-bond acceptors (Lipinski definition) is 5. The number of rotatable bonds is 4. The Morgan fingerprint density at radius 1 is 1.07 bits per heavy atom. The van der Waals surface area contributed by atoms with Crippen LogP contribution in [-0.4, -0.2) is 69.5 Å². The summed E-state index contributed by atoms with van der Waals surface area (Å²) in [4.78, 5) is 10.6. The minimum absolute atomic E-state index is 0.0722. The van der Waals surface area contributed by atoms with Crippen molar-refractivity contribution < 1.29 is 31.8 Å². The summed E-state index contributed by atoms with van der Waals surface area (Å²) in [6.07, 6.45) is 0. The van der Waals surface area contributed by atoms with Gasteiger partial charge in [0.1, 0.15) is 17.4 Å². The van der Waals surface area contributed by atoms with E-state index in [9.17, 15) is 17.2 Å². The molecule has 0 radical (unpaired) electrons. The van der Waals surface area contributed by atoms with Crippen LogP contribution in [0.2, 0.25) is 0 Å². The molecule has 1 spiro atoms. The monoisotopic (exact) mass is 440 g/mol. The van der Waals surface area contributed by atoms with Crippen molar-refractivity contribution in [3.8, 4) is 16.9 Å². The van der Waals surface area contributed by atoms with Crippen LogP contribution in [0.3, 0.4) is 0 Å². The standard InChI is InChI=1S/C19H20F2N2O3S.CH2O2/c1-22-9-19(10-22)11-23(12-19)27(24,25)16-3-4-18(26-2)17(8-16)13-5-14(20)7-15(21)6-13;2-1-3/h3-8H,9-12H2,1-2H3;1H,(H,2,3). The first-order valence-electron chi connectivity index (χ1n) is 9.05. The SMILES string of the molecule is COc1ccc(S(=O)(=O)N2CC3(CN(C)C3)C2)cc1-c1cc(F)cc(F)c1.O=CO. The molecule has 30 heavy (non-hydrogen) atoms. The Hall–Kier alpha value is -2.56. The predicted molar refractivity (Wildman–Crippen MR) is 106 cm³/mol. The molecule has 0 atom stereocenters. The Kier molecular flexibility index (Phi) is 6.11. The van der Waals surface area contributed by atoms with Gasteiger partial charge in [-0.1, -0.05) is 0 Å². The summed E-state index contributed by atoms with van der Waals surface area (Å²) in [6.45, 7) is 2.54. The molecule has 0 bridgehead atoms. The molecule has 0 saturated carbocycles. The molecule has 1 N–H and O–H groups in total. The number of sulfonamides is 1. The second kappa shape index (κ2) is 8.29. The van der Waals surface area contributed by atoms with Gasteiger partial charge in [0.15, 0.2) is 0 Å². The van der Waals surface area contributed by atoms with E-state index in [-0.39, 0.29) is 22.3 Å². The lowest BCUT2D eigenvalue weighted by molar-refractivity contribution is -0.122. The Bertz CT molecular complexity index is 1030. The second-order valence-corrected chi connectivity index (χ2v) is 9.51. The molecule has 2 fully saturated rings. The molecule has 7 nitrogen and oxygen atoms in total. The third kappa shape index (κ3) is 4.16. The fourth-order valence-electron chi connectivity index (χ4n) is 4.10. The molecule has 2 aromatic carbocycles. The van der Waals surface area contributed by atoms with E-state index >= 15 is 0 Å². The highest BCUT2D eigenvalue weighted by molar-refractivity contribution is 7.89. The maximum atomic E-state index is 13.6. The van der Waals surface area contributed by atoms with Gasteiger partial charge in [-0.3, -0.25) is 4.79 Å². The normalized spacial score (nSPS) is 18.0. The van der Waals surface area contributed by atoms with E-state index in [1.807, 2.05) is 7.05 Å². The van der Waals surface area contributed by atoms with Crippen LogP contribution in [0.1, 0.15) is 0 Å². The van der Waals surface area contributed by atoms with Crippen LogP contribution in [0.5, 0.6) is 5.75 Å². The van der Waals surface area contributed by atoms with Crippen molar-refractivity contribution >= 4 is 16.5 Å². The second-order valence-electron chi connectivity index (χ2n) is 7.57. The van der Waals surface area contributed by atoms with E-state index in [0.717, 1.165) is 31.3 Å². The molecule has 0 unspecified atom stereocenters. The van der Waals surface area contributed by atoms with Crippen molar-refractivity contribution in [3.63, 3.8) is 0 Å². The van der Waals surface area contributed by atoms with Crippen LogP contribution in [0.4, 0.5) is 8.78 Å². The Balaban J connectivity index is 0.000000806. The Labute approximate surface area is 173 Å². The average Bonchev–Trinajstić information content (AvgIpc) is 2.62. The summed E-state index contributed by atoms with van der Waals surface area (Å²) in [5.74, 6) is -1.13. The average molecular weight is 440 g/mol. The van der Waals surface area contributed by atoms with Crippen LogP contribution in [-0.2, 0) is 14.8 Å². The van der Waals surface area contributed by atoms with Crippen LogP contribution in [0.15, 0.2) is 41.3 Å². The van der Waals surface area contributed by atoms with E-state index in [0.29, 0.717) is 24.4 Å². The van der Waals surface area contributed by atoms with E-state index in [2.05, 4.69) is 4.90 Å². The van der Waals surface area contributed by atoms with Gasteiger partial charge >= 0.3 is 0 Å². The van der Waals surface area contributed by atoms with Crippen molar-refractivity contribution in [3.05, 3.63) is 48.0 Å². The number of benzene rings is 2. The van der Waals surface area contributed by atoms with E-state index in [1.54, 1.807) is 0 Å². The molecule has 2 heterocycles. The zero-order chi connectivity index (χ0) is 22.1. The molecule has 0 aliphatic carbocycles. The maximum Gasteiger partial charge on any atom is 0.290 e. The highest BCUT2D eigenvalue weighted by Gasteiger charge is 2.54.